The molecule has 0 spiro atoms. The summed E-state index contributed by atoms with van der Waals surface area (Å²) in [7, 11) is 0. The number of hydrogen-bond donors (Lipinski definition) is 0. The van der Waals surface area contributed by atoms with Gasteiger partial charge in [-0.2, -0.15) is 0 Å². The van der Waals surface area contributed by atoms with Gasteiger partial charge in [0.1, 0.15) is 10.8 Å². The zero-order chi connectivity index (χ0) is 25.0. The van der Waals surface area contributed by atoms with Crippen molar-refractivity contribution in [1.29, 1.82) is 0 Å². The van der Waals surface area contributed by atoms with Gasteiger partial charge >= 0.3 is 0 Å². The highest BCUT2D eigenvalue weighted by atomic mass is 32.1. The largest absolute Gasteiger partial charge is 0.288 e. The second-order valence-electron chi connectivity index (χ2n) is 10.8. The minimum absolute atomic E-state index is 0.185. The van der Waals surface area contributed by atoms with Crippen LogP contribution in [0.3, 0.4) is 0 Å². The number of Topliss-reactive ketones (excluding diaryl/α,β-unsaturated/α-hetero) is 2. The van der Waals surface area contributed by atoms with Crippen molar-refractivity contribution in [3.8, 4) is 0 Å². The highest BCUT2D eigenvalue weighted by Gasteiger charge is 2.46. The van der Waals surface area contributed by atoms with E-state index >= 15 is 0 Å². The summed E-state index contributed by atoms with van der Waals surface area (Å²) in [5, 5.41) is 1.10. The number of pyridine rings is 1. The molecule has 0 atom stereocenters. The Morgan fingerprint density at radius 3 is 2.06 bits per heavy atom. The molecule has 0 saturated heterocycles. The third-order valence-electron chi connectivity index (χ3n) is 8.08. The van der Waals surface area contributed by atoms with Gasteiger partial charge in [0.05, 0.1) is 11.3 Å². The smallest absolute Gasteiger partial charge is 0.197 e. The summed E-state index contributed by atoms with van der Waals surface area (Å²) in [6, 6.07) is 20.0. The monoisotopic (exact) mass is 488 g/mol. The predicted octanol–water partition coefficient (Wildman–Crippen LogP) is 7.35. The van der Waals surface area contributed by atoms with E-state index in [0.717, 1.165) is 15.7 Å². The lowest BCUT2D eigenvalue weighted by Crippen LogP contribution is -2.37. The molecule has 7 rings (SSSR count). The Balaban J connectivity index is 1.46. The number of allylic oxidation sites excluding steroid dienone is 1. The molecule has 3 aliphatic rings. The topological polar surface area (TPSA) is 50.3 Å². The van der Waals surface area contributed by atoms with Gasteiger partial charge in [0.2, 0.25) is 0 Å². The number of hydrogen-bond acceptors (Lipinski definition) is 5. The number of rotatable bonds is 1. The van der Waals surface area contributed by atoms with Crippen molar-refractivity contribution in [1.82, 2.24) is 4.98 Å². The van der Waals surface area contributed by atoms with E-state index in [-0.39, 0.29) is 28.0 Å². The third-order valence-corrected chi connectivity index (χ3v) is 9.15. The molecule has 0 radical (unpaired) electrons. The molecule has 5 heteroatoms. The molecule has 2 aromatic carbocycles. The number of thiophene rings is 1. The van der Waals surface area contributed by atoms with E-state index in [2.05, 4.69) is 62.9 Å². The Bertz CT molecular complexity index is 1650. The normalized spacial score (nSPS) is 17.9. The van der Waals surface area contributed by atoms with Crippen LogP contribution in [0, 0.1) is 0 Å². The van der Waals surface area contributed by atoms with Crippen LogP contribution < -0.4 is 4.90 Å². The predicted molar refractivity (Wildman–Crippen MR) is 144 cm³/mol. The van der Waals surface area contributed by atoms with Crippen LogP contribution in [-0.2, 0) is 10.8 Å². The summed E-state index contributed by atoms with van der Waals surface area (Å²) in [4.78, 5) is 34.2. The van der Waals surface area contributed by atoms with E-state index in [1.54, 1.807) is 41.7 Å². The lowest BCUT2D eigenvalue weighted by Gasteiger charge is -2.47. The number of fused-ring (bicyclic) bond motifs is 5. The molecule has 0 fully saturated rings. The number of benzene rings is 2. The van der Waals surface area contributed by atoms with Crippen molar-refractivity contribution >= 4 is 45.5 Å². The summed E-state index contributed by atoms with van der Waals surface area (Å²) in [6.45, 7) is 9.04. The van der Waals surface area contributed by atoms with Gasteiger partial charge in [-0.15, -0.1) is 11.3 Å². The van der Waals surface area contributed by atoms with Crippen molar-refractivity contribution < 1.29 is 9.59 Å². The second kappa shape index (κ2) is 6.89. The maximum Gasteiger partial charge on any atom is 0.197 e. The van der Waals surface area contributed by atoms with E-state index in [1.807, 2.05) is 12.3 Å². The number of para-hydroxylation sites is 1. The van der Waals surface area contributed by atoms with Gasteiger partial charge in [-0.25, -0.2) is 4.98 Å². The molecule has 0 bridgehead atoms. The fourth-order valence-electron chi connectivity index (χ4n) is 6.08. The minimum Gasteiger partial charge on any atom is -0.288 e. The molecule has 0 N–H and O–H groups in total. The van der Waals surface area contributed by atoms with Crippen LogP contribution in [0.25, 0.3) is 6.08 Å². The van der Waals surface area contributed by atoms with E-state index in [0.29, 0.717) is 11.1 Å². The first-order valence-electron chi connectivity index (χ1n) is 12.2. The number of carbonyl (C=O) groups is 2. The van der Waals surface area contributed by atoms with Gasteiger partial charge in [-0.1, -0.05) is 76.2 Å². The van der Waals surface area contributed by atoms with Crippen molar-refractivity contribution in [2.75, 3.05) is 4.90 Å². The lowest BCUT2D eigenvalue weighted by atomic mass is 9.68. The minimum atomic E-state index is -0.251. The first kappa shape index (κ1) is 21.5. The highest BCUT2D eigenvalue weighted by molar-refractivity contribution is 7.17. The average Bonchev–Trinajstić information content (AvgIpc) is 3.40. The summed E-state index contributed by atoms with van der Waals surface area (Å²) in [6.07, 6.45) is 3.63. The molecule has 4 aromatic rings. The lowest BCUT2D eigenvalue weighted by molar-refractivity contribution is 0.0990. The Morgan fingerprint density at radius 2 is 1.39 bits per heavy atom. The summed E-state index contributed by atoms with van der Waals surface area (Å²) in [5.74, 6) is 0.553. The van der Waals surface area contributed by atoms with Gasteiger partial charge in [0, 0.05) is 38.6 Å². The van der Waals surface area contributed by atoms with E-state index in [9.17, 15) is 9.59 Å². The molecule has 2 aliphatic heterocycles. The van der Waals surface area contributed by atoms with Crippen molar-refractivity contribution in [3.05, 3.63) is 111 Å². The first-order chi connectivity index (χ1) is 17.2. The Morgan fingerprint density at radius 1 is 0.778 bits per heavy atom. The quantitative estimate of drug-likeness (QED) is 0.208. The SMILES string of the molecule is CC1(C)c2cccnc2N2c3sc(C=C4C(=O)c5ccccc5C4=O)cc3C(C)(C)c3cccc1c32. The standard InChI is InChI=1S/C31H24N2O2S/c1-30(2)21-11-7-12-22-25(21)33(28-23(30)13-8-14-32-28)29-24(31(22,3)4)16-17(36-29)15-20-26(34)18-9-5-6-10-19(18)27(20)35/h5-16H,1-4H3. The van der Waals surface area contributed by atoms with Crippen molar-refractivity contribution in [2.24, 2.45) is 0 Å². The fourth-order valence-corrected chi connectivity index (χ4v) is 7.35. The molecule has 0 amide bonds. The molecule has 1 aliphatic carbocycles. The number of carbonyl (C=O) groups excluding carboxylic acids is 2. The summed E-state index contributed by atoms with van der Waals surface area (Å²) >= 11 is 1.61. The summed E-state index contributed by atoms with van der Waals surface area (Å²) < 4.78 is 0. The third kappa shape index (κ3) is 2.56. The van der Waals surface area contributed by atoms with Gasteiger partial charge in [-0.05, 0) is 34.9 Å². The second-order valence-corrected chi connectivity index (χ2v) is 11.9. The van der Waals surface area contributed by atoms with Crippen LogP contribution >= 0.6 is 11.3 Å². The molecule has 176 valence electrons. The van der Waals surface area contributed by atoms with Crippen LogP contribution in [0.5, 0.6) is 0 Å². The number of aromatic nitrogens is 1. The van der Waals surface area contributed by atoms with Gasteiger partial charge in [0.25, 0.3) is 0 Å². The molecule has 0 unspecified atom stereocenters. The maximum atomic E-state index is 13.1. The van der Waals surface area contributed by atoms with Crippen LogP contribution in [0.15, 0.2) is 72.4 Å². The highest BCUT2D eigenvalue weighted by Crippen LogP contribution is 2.61. The Kier molecular flexibility index (Phi) is 4.11. The first-order valence-corrected chi connectivity index (χ1v) is 13.0. The summed E-state index contributed by atoms with van der Waals surface area (Å²) in [5.41, 5.74) is 6.89. The fraction of sp³-hybridized carbons (Fsp3) is 0.194. The van der Waals surface area contributed by atoms with Gasteiger partial charge < -0.3 is 0 Å². The van der Waals surface area contributed by atoms with Crippen LogP contribution in [0.1, 0.15) is 75.5 Å². The molecule has 4 heterocycles. The van der Waals surface area contributed by atoms with E-state index in [1.165, 1.54) is 27.9 Å². The van der Waals surface area contributed by atoms with E-state index < -0.39 is 0 Å². The number of nitrogens with zero attached hydrogens (tertiary/aromatic N) is 2. The van der Waals surface area contributed by atoms with Crippen LogP contribution in [-0.4, -0.2) is 16.6 Å². The molecule has 36 heavy (non-hydrogen) atoms. The van der Waals surface area contributed by atoms with Crippen molar-refractivity contribution in [3.63, 3.8) is 0 Å². The number of anilines is 3. The van der Waals surface area contributed by atoms with Crippen LogP contribution in [0.4, 0.5) is 16.5 Å². The molecule has 0 saturated carbocycles. The number of ketones is 2. The van der Waals surface area contributed by atoms with Crippen LogP contribution in [0.2, 0.25) is 0 Å². The zero-order valence-corrected chi connectivity index (χ0v) is 21.4. The Hall–Kier alpha value is -3.83. The molecular formula is C31H24N2O2S. The van der Waals surface area contributed by atoms with E-state index in [4.69, 9.17) is 4.98 Å². The molecule has 4 nitrogen and oxygen atoms in total. The van der Waals surface area contributed by atoms with Gasteiger partial charge in [-0.3, -0.25) is 14.5 Å². The zero-order valence-electron chi connectivity index (χ0n) is 20.5. The maximum absolute atomic E-state index is 13.1. The molecule has 2 aromatic heterocycles. The van der Waals surface area contributed by atoms with Crippen molar-refractivity contribution in [2.45, 2.75) is 38.5 Å². The molecular weight excluding hydrogens is 464 g/mol. The Labute approximate surface area is 213 Å². The van der Waals surface area contributed by atoms with Gasteiger partial charge in [0.15, 0.2) is 11.6 Å². The average molecular weight is 489 g/mol.